The van der Waals surface area contributed by atoms with Crippen molar-refractivity contribution in [3.05, 3.63) is 35.9 Å². The van der Waals surface area contributed by atoms with Crippen molar-refractivity contribution in [1.82, 2.24) is 9.80 Å². The number of likely N-dealkylation sites (N-methyl/N-ethyl adjacent to an activating group) is 1. The molecule has 1 aromatic carbocycles. The maximum atomic E-state index is 5.74. The van der Waals surface area contributed by atoms with Crippen molar-refractivity contribution in [2.75, 3.05) is 46.4 Å². The largest absolute Gasteiger partial charge is 0.378 e. The number of nitrogens with zero attached hydrogens (tertiary/aromatic N) is 2. The van der Waals surface area contributed by atoms with Crippen LogP contribution in [-0.4, -0.2) is 61.8 Å². The lowest BCUT2D eigenvalue weighted by atomic mass is 9.85. The van der Waals surface area contributed by atoms with Gasteiger partial charge in [-0.3, -0.25) is 4.90 Å². The molecule has 0 bridgehead atoms. The van der Waals surface area contributed by atoms with Gasteiger partial charge in [-0.2, -0.15) is 0 Å². The molecule has 0 unspecified atom stereocenters. The zero-order chi connectivity index (χ0) is 13.8. The molecular weight excluding hydrogens is 248 g/mol. The Morgan fingerprint density at radius 1 is 1.10 bits per heavy atom. The quantitative estimate of drug-likeness (QED) is 0.839. The van der Waals surface area contributed by atoms with Gasteiger partial charge in [0.2, 0.25) is 0 Å². The third-order valence-electron chi connectivity index (χ3n) is 5.10. The number of hydrogen-bond donors (Lipinski definition) is 0. The molecule has 1 aromatic rings. The third-order valence-corrected chi connectivity index (χ3v) is 5.10. The topological polar surface area (TPSA) is 15.7 Å². The van der Waals surface area contributed by atoms with E-state index in [9.17, 15) is 0 Å². The lowest BCUT2D eigenvalue weighted by Gasteiger charge is -2.49. The van der Waals surface area contributed by atoms with E-state index in [2.05, 4.69) is 47.2 Å². The highest BCUT2D eigenvalue weighted by Crippen LogP contribution is 2.30. The predicted octanol–water partition coefficient (Wildman–Crippen LogP) is 2.03. The summed E-state index contributed by atoms with van der Waals surface area (Å²) >= 11 is 0. The molecule has 0 radical (unpaired) electrons. The zero-order valence-corrected chi connectivity index (χ0v) is 12.6. The minimum absolute atomic E-state index is 0.321. The molecule has 0 aromatic heterocycles. The molecule has 3 rings (SSSR count). The van der Waals surface area contributed by atoms with Crippen molar-refractivity contribution in [1.29, 1.82) is 0 Å². The van der Waals surface area contributed by atoms with Crippen LogP contribution in [-0.2, 0) is 11.2 Å². The molecule has 0 atom stereocenters. The molecule has 3 nitrogen and oxygen atoms in total. The Morgan fingerprint density at radius 3 is 2.55 bits per heavy atom. The normalized spacial score (nSPS) is 24.1. The maximum Gasteiger partial charge on any atom is 0.0651 e. The highest BCUT2D eigenvalue weighted by molar-refractivity contribution is 5.15. The Morgan fingerprint density at radius 2 is 1.85 bits per heavy atom. The number of hydrogen-bond acceptors (Lipinski definition) is 3. The molecule has 0 aliphatic carbocycles. The van der Waals surface area contributed by atoms with Gasteiger partial charge < -0.3 is 9.64 Å². The van der Waals surface area contributed by atoms with Crippen LogP contribution in [0.2, 0.25) is 0 Å². The van der Waals surface area contributed by atoms with Gasteiger partial charge in [0.05, 0.1) is 13.2 Å². The van der Waals surface area contributed by atoms with E-state index in [0.29, 0.717) is 5.54 Å². The zero-order valence-electron chi connectivity index (χ0n) is 12.6. The Bertz CT molecular complexity index is 412. The van der Waals surface area contributed by atoms with E-state index in [0.717, 1.165) is 19.8 Å². The van der Waals surface area contributed by atoms with Crippen LogP contribution in [0.25, 0.3) is 0 Å². The first kappa shape index (κ1) is 14.1. The van der Waals surface area contributed by atoms with Crippen LogP contribution in [0.1, 0.15) is 18.4 Å². The van der Waals surface area contributed by atoms with E-state index in [4.69, 9.17) is 4.74 Å². The number of morpholine rings is 1. The lowest BCUT2D eigenvalue weighted by Crippen LogP contribution is -2.60. The first-order valence-corrected chi connectivity index (χ1v) is 7.84. The minimum atomic E-state index is 0.321. The number of rotatable bonds is 3. The Hall–Kier alpha value is -0.900. The van der Waals surface area contributed by atoms with Gasteiger partial charge in [0.25, 0.3) is 0 Å². The summed E-state index contributed by atoms with van der Waals surface area (Å²) in [4.78, 5) is 5.14. The molecule has 2 fully saturated rings. The summed E-state index contributed by atoms with van der Waals surface area (Å²) < 4.78 is 5.74. The Kier molecular flexibility index (Phi) is 4.39. The lowest BCUT2D eigenvalue weighted by molar-refractivity contribution is -0.0827. The fourth-order valence-electron chi connectivity index (χ4n) is 3.46. The Balaban J connectivity index is 1.49. The molecule has 3 heteroatoms. The van der Waals surface area contributed by atoms with Gasteiger partial charge in [-0.25, -0.2) is 0 Å². The van der Waals surface area contributed by atoms with Gasteiger partial charge in [-0.15, -0.1) is 0 Å². The number of likely N-dealkylation sites (tertiary alicyclic amines) is 1. The van der Waals surface area contributed by atoms with Crippen LogP contribution in [0, 0.1) is 0 Å². The highest BCUT2D eigenvalue weighted by Gasteiger charge is 2.40. The van der Waals surface area contributed by atoms with Crippen LogP contribution in [0.4, 0.5) is 0 Å². The third kappa shape index (κ3) is 3.05. The summed E-state index contributed by atoms with van der Waals surface area (Å²) in [5.41, 5.74) is 1.77. The molecule has 20 heavy (non-hydrogen) atoms. The van der Waals surface area contributed by atoms with Crippen molar-refractivity contribution in [3.63, 3.8) is 0 Å². The molecular formula is C17H26N2O. The van der Waals surface area contributed by atoms with Crippen LogP contribution in [0.5, 0.6) is 0 Å². The minimum Gasteiger partial charge on any atom is -0.378 e. The molecule has 110 valence electrons. The number of ether oxygens (including phenoxy) is 1. The SMILES string of the molecule is CN1CCOCC12CCN(CCc1ccccc1)CC2. The van der Waals surface area contributed by atoms with Gasteiger partial charge in [0.1, 0.15) is 0 Å². The standard InChI is InChI=1S/C17H26N2O/c1-18-13-14-20-15-17(18)8-11-19(12-9-17)10-7-16-5-3-2-4-6-16/h2-6H,7-15H2,1H3. The van der Waals surface area contributed by atoms with E-state index >= 15 is 0 Å². The van der Waals surface area contributed by atoms with Crippen LogP contribution in [0.3, 0.4) is 0 Å². The number of benzene rings is 1. The van der Waals surface area contributed by atoms with E-state index < -0.39 is 0 Å². The monoisotopic (exact) mass is 274 g/mol. The van der Waals surface area contributed by atoms with E-state index in [1.807, 2.05) is 0 Å². The van der Waals surface area contributed by atoms with Gasteiger partial charge in [0, 0.05) is 18.6 Å². The second kappa shape index (κ2) is 6.25. The van der Waals surface area contributed by atoms with Crippen molar-refractivity contribution >= 4 is 0 Å². The van der Waals surface area contributed by atoms with Gasteiger partial charge in [0.15, 0.2) is 0 Å². The second-order valence-electron chi connectivity index (χ2n) is 6.28. The summed E-state index contributed by atoms with van der Waals surface area (Å²) in [5, 5.41) is 0. The summed E-state index contributed by atoms with van der Waals surface area (Å²) in [6.07, 6.45) is 3.66. The van der Waals surface area contributed by atoms with Crippen molar-refractivity contribution in [3.8, 4) is 0 Å². The number of piperidine rings is 1. The highest BCUT2D eigenvalue weighted by atomic mass is 16.5. The first-order chi connectivity index (χ1) is 9.78. The van der Waals surface area contributed by atoms with E-state index in [1.54, 1.807) is 0 Å². The second-order valence-corrected chi connectivity index (χ2v) is 6.28. The summed E-state index contributed by atoms with van der Waals surface area (Å²) in [6.45, 7) is 6.52. The average Bonchev–Trinajstić information content (AvgIpc) is 2.51. The fourth-order valence-corrected chi connectivity index (χ4v) is 3.46. The predicted molar refractivity (Wildman–Crippen MR) is 82.0 cm³/mol. The Labute approximate surface area is 122 Å². The van der Waals surface area contributed by atoms with Crippen LogP contribution < -0.4 is 0 Å². The van der Waals surface area contributed by atoms with E-state index in [-0.39, 0.29) is 0 Å². The summed E-state index contributed by atoms with van der Waals surface area (Å²) in [5.74, 6) is 0. The van der Waals surface area contributed by atoms with Gasteiger partial charge in [-0.1, -0.05) is 30.3 Å². The van der Waals surface area contributed by atoms with Crippen LogP contribution in [0.15, 0.2) is 30.3 Å². The molecule has 2 saturated heterocycles. The summed E-state index contributed by atoms with van der Waals surface area (Å²) in [6, 6.07) is 10.8. The van der Waals surface area contributed by atoms with Crippen molar-refractivity contribution in [2.24, 2.45) is 0 Å². The maximum absolute atomic E-state index is 5.74. The van der Waals surface area contributed by atoms with Crippen molar-refractivity contribution < 1.29 is 4.74 Å². The fraction of sp³-hybridized carbons (Fsp3) is 0.647. The van der Waals surface area contributed by atoms with E-state index in [1.165, 1.54) is 44.5 Å². The molecule has 0 N–H and O–H groups in total. The van der Waals surface area contributed by atoms with Gasteiger partial charge in [-0.05, 0) is 45.0 Å². The molecule has 2 aliphatic heterocycles. The molecule has 0 saturated carbocycles. The molecule has 1 spiro atoms. The molecule has 0 amide bonds. The summed E-state index contributed by atoms with van der Waals surface area (Å²) in [7, 11) is 2.27. The average molecular weight is 274 g/mol. The first-order valence-electron chi connectivity index (χ1n) is 7.84. The molecule has 2 heterocycles. The van der Waals surface area contributed by atoms with Crippen LogP contribution >= 0.6 is 0 Å². The van der Waals surface area contributed by atoms with Gasteiger partial charge >= 0.3 is 0 Å². The van der Waals surface area contributed by atoms with Crippen molar-refractivity contribution in [2.45, 2.75) is 24.8 Å². The molecule has 2 aliphatic rings. The smallest absolute Gasteiger partial charge is 0.0651 e.